The van der Waals surface area contributed by atoms with E-state index in [9.17, 15) is 4.79 Å². The molecule has 1 aromatic rings. The number of hydrogen-bond donors (Lipinski definition) is 2. The van der Waals surface area contributed by atoms with Crippen LogP contribution in [0.1, 0.15) is 32.3 Å². The summed E-state index contributed by atoms with van der Waals surface area (Å²) in [5.74, 6) is 1.15. The molecule has 0 aliphatic rings. The van der Waals surface area contributed by atoms with Crippen LogP contribution in [-0.4, -0.2) is 24.5 Å². The number of thioether (sulfide) groups is 1. The van der Waals surface area contributed by atoms with E-state index in [1.807, 2.05) is 37.7 Å². The summed E-state index contributed by atoms with van der Waals surface area (Å²) in [4.78, 5) is 12.4. The van der Waals surface area contributed by atoms with Crippen LogP contribution in [0.25, 0.3) is 0 Å². The number of benzene rings is 1. The molecule has 0 heterocycles. The van der Waals surface area contributed by atoms with Gasteiger partial charge in [0.1, 0.15) is 0 Å². The highest BCUT2D eigenvalue weighted by molar-refractivity contribution is 7.98. The van der Waals surface area contributed by atoms with Crippen molar-refractivity contribution < 1.29 is 4.79 Å². The van der Waals surface area contributed by atoms with Crippen LogP contribution < -0.4 is 11.1 Å². The number of hydrogen-bond acceptors (Lipinski definition) is 3. The smallest absolute Gasteiger partial charge is 0.231 e. The number of nitrogens with one attached hydrogen (secondary N) is 1. The predicted octanol–water partition coefficient (Wildman–Crippen LogP) is 3.72. The summed E-state index contributed by atoms with van der Waals surface area (Å²) >= 11 is 1.84. The van der Waals surface area contributed by atoms with Gasteiger partial charge in [0.25, 0.3) is 0 Å². The molecule has 0 atom stereocenters. The van der Waals surface area contributed by atoms with Gasteiger partial charge in [-0.15, -0.1) is 12.4 Å². The third-order valence-electron chi connectivity index (χ3n) is 4.03. The molecule has 5 heteroatoms. The predicted molar refractivity (Wildman–Crippen MR) is 96.5 cm³/mol. The molecule has 0 bridgehead atoms. The lowest BCUT2D eigenvalue weighted by atomic mass is 9.81. The van der Waals surface area contributed by atoms with Crippen molar-refractivity contribution in [2.24, 2.45) is 11.1 Å². The first-order valence-corrected chi connectivity index (χ1v) is 8.60. The molecule has 0 unspecified atom stereocenters. The quantitative estimate of drug-likeness (QED) is 0.763. The number of nitrogens with two attached hydrogens (primary N) is 1. The van der Waals surface area contributed by atoms with Gasteiger partial charge in [0.15, 0.2) is 0 Å². The lowest BCUT2D eigenvalue weighted by Gasteiger charge is -2.28. The zero-order chi connectivity index (χ0) is 15.0. The molecule has 1 rings (SSSR count). The van der Waals surface area contributed by atoms with Gasteiger partial charge in [-0.05, 0) is 49.0 Å². The second kappa shape index (κ2) is 10.1. The van der Waals surface area contributed by atoms with Crippen molar-refractivity contribution in [1.29, 1.82) is 0 Å². The van der Waals surface area contributed by atoms with Crippen LogP contribution in [0.4, 0.5) is 5.69 Å². The van der Waals surface area contributed by atoms with Crippen molar-refractivity contribution in [2.45, 2.75) is 33.1 Å². The minimum atomic E-state index is -0.447. The van der Waals surface area contributed by atoms with E-state index < -0.39 is 5.41 Å². The molecule has 3 N–H and O–H groups in total. The summed E-state index contributed by atoms with van der Waals surface area (Å²) in [6.45, 7) is 4.42. The Labute approximate surface area is 138 Å². The molecular formula is C16H27ClN2OS. The molecule has 21 heavy (non-hydrogen) atoms. The molecule has 0 aromatic heterocycles. The van der Waals surface area contributed by atoms with Crippen LogP contribution in [0.15, 0.2) is 24.3 Å². The zero-order valence-corrected chi connectivity index (χ0v) is 14.8. The van der Waals surface area contributed by atoms with Gasteiger partial charge in [-0.1, -0.05) is 26.0 Å². The van der Waals surface area contributed by atoms with Gasteiger partial charge in [-0.3, -0.25) is 4.79 Å². The van der Waals surface area contributed by atoms with Crippen LogP contribution in [0, 0.1) is 5.41 Å². The number of carbonyl (C=O) groups excluding carboxylic acids is 1. The molecule has 0 fully saturated rings. The van der Waals surface area contributed by atoms with Crippen LogP contribution in [0.3, 0.4) is 0 Å². The lowest BCUT2D eigenvalue weighted by Crippen LogP contribution is -2.41. The number of carbonyl (C=O) groups is 1. The first kappa shape index (κ1) is 20.3. The fourth-order valence-electron chi connectivity index (χ4n) is 2.19. The summed E-state index contributed by atoms with van der Waals surface area (Å²) in [6, 6.07) is 8.10. The molecule has 3 nitrogen and oxygen atoms in total. The van der Waals surface area contributed by atoms with Crippen LogP contribution in [0.2, 0.25) is 0 Å². The van der Waals surface area contributed by atoms with E-state index in [1.54, 1.807) is 0 Å². The molecule has 0 spiro atoms. The first-order chi connectivity index (χ1) is 9.61. The van der Waals surface area contributed by atoms with E-state index in [4.69, 9.17) is 5.73 Å². The number of amides is 1. The maximum Gasteiger partial charge on any atom is 0.231 e. The van der Waals surface area contributed by atoms with Crippen molar-refractivity contribution in [3.05, 3.63) is 29.8 Å². The third kappa shape index (κ3) is 5.53. The normalized spacial score (nSPS) is 10.9. The van der Waals surface area contributed by atoms with Gasteiger partial charge in [-0.25, -0.2) is 0 Å². The Morgan fingerprint density at radius 3 is 2.24 bits per heavy atom. The summed E-state index contributed by atoms with van der Waals surface area (Å²) in [5, 5.41) is 2.99. The highest BCUT2D eigenvalue weighted by Gasteiger charge is 2.33. The van der Waals surface area contributed by atoms with E-state index in [1.165, 1.54) is 5.56 Å². The Bertz CT molecular complexity index is 411. The molecule has 1 amide bonds. The molecular weight excluding hydrogens is 304 g/mol. The molecule has 0 saturated carbocycles. The highest BCUT2D eigenvalue weighted by Crippen LogP contribution is 2.27. The largest absolute Gasteiger partial charge is 0.329 e. The van der Waals surface area contributed by atoms with E-state index in [0.717, 1.165) is 30.7 Å². The standard InChI is InChI=1S/C16H26N2OS.ClH/c1-4-16(5-2,12-17)15(19)18-14-8-6-13(7-9-14)10-11-20-3;/h6-9H,4-5,10-12,17H2,1-3H3,(H,18,19);1H. The van der Waals surface area contributed by atoms with Crippen LogP contribution in [0.5, 0.6) is 0 Å². The molecule has 1 aromatic carbocycles. The summed E-state index contributed by atoms with van der Waals surface area (Å²) < 4.78 is 0. The Balaban J connectivity index is 0.00000400. The van der Waals surface area contributed by atoms with Crippen molar-refractivity contribution in [1.82, 2.24) is 0 Å². The van der Waals surface area contributed by atoms with E-state index in [0.29, 0.717) is 6.54 Å². The average Bonchev–Trinajstić information content (AvgIpc) is 2.49. The van der Waals surface area contributed by atoms with Crippen molar-refractivity contribution in [3.8, 4) is 0 Å². The Morgan fingerprint density at radius 1 is 1.24 bits per heavy atom. The SMILES string of the molecule is CCC(CC)(CN)C(=O)Nc1ccc(CCSC)cc1.Cl. The first-order valence-electron chi connectivity index (χ1n) is 7.21. The topological polar surface area (TPSA) is 55.1 Å². The van der Waals surface area contributed by atoms with Gasteiger partial charge in [0.05, 0.1) is 5.41 Å². The summed E-state index contributed by atoms with van der Waals surface area (Å²) in [7, 11) is 0. The molecule has 0 aliphatic carbocycles. The zero-order valence-electron chi connectivity index (χ0n) is 13.1. The van der Waals surface area contributed by atoms with E-state index in [-0.39, 0.29) is 18.3 Å². The number of anilines is 1. The third-order valence-corrected chi connectivity index (χ3v) is 4.65. The minimum absolute atomic E-state index is 0. The molecule has 0 radical (unpaired) electrons. The monoisotopic (exact) mass is 330 g/mol. The number of halogens is 1. The van der Waals surface area contributed by atoms with Crippen LogP contribution in [-0.2, 0) is 11.2 Å². The fourth-order valence-corrected chi connectivity index (χ4v) is 2.63. The lowest BCUT2D eigenvalue weighted by molar-refractivity contribution is -0.125. The van der Waals surface area contributed by atoms with Crippen molar-refractivity contribution >= 4 is 35.8 Å². The molecule has 120 valence electrons. The van der Waals surface area contributed by atoms with Gasteiger partial charge in [0.2, 0.25) is 5.91 Å². The maximum absolute atomic E-state index is 12.4. The van der Waals surface area contributed by atoms with E-state index in [2.05, 4.69) is 23.7 Å². The minimum Gasteiger partial charge on any atom is -0.329 e. The summed E-state index contributed by atoms with van der Waals surface area (Å²) in [5.41, 5.74) is 7.50. The van der Waals surface area contributed by atoms with E-state index >= 15 is 0 Å². The Morgan fingerprint density at radius 2 is 1.81 bits per heavy atom. The summed E-state index contributed by atoms with van der Waals surface area (Å²) in [6.07, 6.45) is 4.69. The van der Waals surface area contributed by atoms with Crippen molar-refractivity contribution in [3.63, 3.8) is 0 Å². The van der Waals surface area contributed by atoms with Crippen molar-refractivity contribution in [2.75, 3.05) is 23.9 Å². The second-order valence-electron chi connectivity index (χ2n) is 5.09. The maximum atomic E-state index is 12.4. The van der Waals surface area contributed by atoms with Gasteiger partial charge in [-0.2, -0.15) is 11.8 Å². The Kier molecular flexibility index (Phi) is 9.75. The average molecular weight is 331 g/mol. The Hall–Kier alpha value is -0.710. The fraction of sp³-hybridized carbons (Fsp3) is 0.562. The second-order valence-corrected chi connectivity index (χ2v) is 6.07. The number of rotatable bonds is 8. The molecule has 0 saturated heterocycles. The van der Waals surface area contributed by atoms with Crippen LogP contribution >= 0.6 is 24.2 Å². The molecule has 0 aliphatic heterocycles. The van der Waals surface area contributed by atoms with Gasteiger partial charge < -0.3 is 11.1 Å². The highest BCUT2D eigenvalue weighted by atomic mass is 35.5. The van der Waals surface area contributed by atoms with Gasteiger partial charge >= 0.3 is 0 Å². The number of aryl methyl sites for hydroxylation is 1. The van der Waals surface area contributed by atoms with Gasteiger partial charge in [0, 0.05) is 12.2 Å².